The largest absolute Gasteiger partial charge is 0.329 e. The molecule has 0 aromatic rings. The lowest BCUT2D eigenvalue weighted by Crippen LogP contribution is -2.36. The Hall–Kier alpha value is -0.0800. The van der Waals surface area contributed by atoms with Gasteiger partial charge in [0.15, 0.2) is 0 Å². The van der Waals surface area contributed by atoms with Gasteiger partial charge in [-0.15, -0.1) is 0 Å². The van der Waals surface area contributed by atoms with Gasteiger partial charge in [0.25, 0.3) is 0 Å². The van der Waals surface area contributed by atoms with Crippen LogP contribution in [0.5, 0.6) is 0 Å². The summed E-state index contributed by atoms with van der Waals surface area (Å²) in [6.45, 7) is 4.26. The smallest absolute Gasteiger partial charge is 0.0190 e. The standard InChI is InChI=1S/C10H22N2/c1-2-4-9-5-3-6-10(7-11)12-8-9/h9-10,12H,2-8,11H2,1H3. The van der Waals surface area contributed by atoms with Gasteiger partial charge in [0.1, 0.15) is 0 Å². The molecule has 1 rings (SSSR count). The van der Waals surface area contributed by atoms with Gasteiger partial charge in [-0.2, -0.15) is 0 Å². The molecule has 3 N–H and O–H groups in total. The van der Waals surface area contributed by atoms with Gasteiger partial charge in [-0.1, -0.05) is 19.8 Å². The van der Waals surface area contributed by atoms with E-state index in [0.717, 1.165) is 12.5 Å². The minimum atomic E-state index is 0.590. The van der Waals surface area contributed by atoms with E-state index in [1.54, 1.807) is 0 Å². The van der Waals surface area contributed by atoms with Crippen molar-refractivity contribution in [1.82, 2.24) is 5.32 Å². The van der Waals surface area contributed by atoms with Crippen molar-refractivity contribution in [3.63, 3.8) is 0 Å². The fraction of sp³-hybridized carbons (Fsp3) is 1.00. The van der Waals surface area contributed by atoms with E-state index in [4.69, 9.17) is 5.73 Å². The SMILES string of the molecule is CCCC1CCCC(CN)NC1. The third-order valence-electron chi connectivity index (χ3n) is 2.84. The lowest BCUT2D eigenvalue weighted by molar-refractivity contribution is 0.430. The normalized spacial score (nSPS) is 31.5. The summed E-state index contributed by atoms with van der Waals surface area (Å²) in [5, 5.41) is 3.54. The molecule has 0 radical (unpaired) electrons. The first-order valence-corrected chi connectivity index (χ1v) is 5.30. The van der Waals surface area contributed by atoms with Crippen molar-refractivity contribution in [3.8, 4) is 0 Å². The lowest BCUT2D eigenvalue weighted by Gasteiger charge is -2.15. The van der Waals surface area contributed by atoms with Crippen LogP contribution in [0.4, 0.5) is 0 Å². The zero-order valence-corrected chi connectivity index (χ0v) is 8.18. The number of rotatable bonds is 3. The molecule has 0 amide bonds. The molecule has 1 heterocycles. The second kappa shape index (κ2) is 5.55. The molecule has 2 nitrogen and oxygen atoms in total. The summed E-state index contributed by atoms with van der Waals surface area (Å²) < 4.78 is 0. The van der Waals surface area contributed by atoms with E-state index in [9.17, 15) is 0 Å². The fourth-order valence-electron chi connectivity index (χ4n) is 2.05. The van der Waals surface area contributed by atoms with Gasteiger partial charge in [-0.25, -0.2) is 0 Å². The quantitative estimate of drug-likeness (QED) is 0.673. The van der Waals surface area contributed by atoms with Crippen LogP contribution in [-0.2, 0) is 0 Å². The van der Waals surface area contributed by atoms with Crippen LogP contribution < -0.4 is 11.1 Å². The summed E-state index contributed by atoms with van der Waals surface area (Å²) in [6.07, 6.45) is 6.73. The van der Waals surface area contributed by atoms with Crippen LogP contribution in [-0.4, -0.2) is 19.1 Å². The maximum atomic E-state index is 5.63. The van der Waals surface area contributed by atoms with E-state index in [0.29, 0.717) is 6.04 Å². The summed E-state index contributed by atoms with van der Waals surface area (Å²) >= 11 is 0. The van der Waals surface area contributed by atoms with E-state index in [-0.39, 0.29) is 0 Å². The zero-order chi connectivity index (χ0) is 8.81. The van der Waals surface area contributed by atoms with Gasteiger partial charge >= 0.3 is 0 Å². The van der Waals surface area contributed by atoms with Gasteiger partial charge in [0.2, 0.25) is 0 Å². The molecule has 0 aliphatic carbocycles. The summed E-state index contributed by atoms with van der Waals surface area (Å²) in [5.74, 6) is 0.909. The Kier molecular flexibility index (Phi) is 4.62. The lowest BCUT2D eigenvalue weighted by atomic mass is 9.98. The van der Waals surface area contributed by atoms with Crippen LogP contribution in [0.1, 0.15) is 39.0 Å². The molecule has 2 unspecified atom stereocenters. The molecule has 1 fully saturated rings. The van der Waals surface area contributed by atoms with Gasteiger partial charge in [-0.3, -0.25) is 0 Å². The van der Waals surface area contributed by atoms with E-state index >= 15 is 0 Å². The topological polar surface area (TPSA) is 38.0 Å². The first-order chi connectivity index (χ1) is 5.86. The second-order valence-corrected chi connectivity index (χ2v) is 3.93. The van der Waals surface area contributed by atoms with Crippen LogP contribution in [0.3, 0.4) is 0 Å². The average molecular weight is 170 g/mol. The monoisotopic (exact) mass is 170 g/mol. The van der Waals surface area contributed by atoms with Gasteiger partial charge in [0, 0.05) is 12.6 Å². The summed E-state index contributed by atoms with van der Waals surface area (Å²) in [6, 6.07) is 0.590. The Balaban J connectivity index is 2.24. The number of nitrogens with one attached hydrogen (secondary N) is 1. The second-order valence-electron chi connectivity index (χ2n) is 3.93. The molecule has 0 spiro atoms. The molecular formula is C10H22N2. The van der Waals surface area contributed by atoms with Crippen LogP contribution in [0.2, 0.25) is 0 Å². The van der Waals surface area contributed by atoms with Crippen molar-refractivity contribution in [2.24, 2.45) is 11.7 Å². The molecule has 2 heteroatoms. The minimum absolute atomic E-state index is 0.590. The van der Waals surface area contributed by atoms with E-state index in [2.05, 4.69) is 12.2 Å². The fourth-order valence-corrected chi connectivity index (χ4v) is 2.05. The van der Waals surface area contributed by atoms with E-state index in [1.807, 2.05) is 0 Å². The van der Waals surface area contributed by atoms with Gasteiger partial charge in [0.05, 0.1) is 0 Å². The van der Waals surface area contributed by atoms with Crippen molar-refractivity contribution < 1.29 is 0 Å². The molecular weight excluding hydrogens is 148 g/mol. The molecule has 1 aliphatic rings. The Labute approximate surface area is 75.9 Å². The maximum Gasteiger partial charge on any atom is 0.0190 e. The highest BCUT2D eigenvalue weighted by Gasteiger charge is 2.15. The molecule has 12 heavy (non-hydrogen) atoms. The van der Waals surface area contributed by atoms with E-state index < -0.39 is 0 Å². The Morgan fingerprint density at radius 2 is 2.25 bits per heavy atom. The Morgan fingerprint density at radius 3 is 2.92 bits per heavy atom. The molecule has 0 saturated carbocycles. The Morgan fingerprint density at radius 1 is 1.42 bits per heavy atom. The van der Waals surface area contributed by atoms with Gasteiger partial charge < -0.3 is 11.1 Å². The molecule has 1 saturated heterocycles. The molecule has 0 aromatic carbocycles. The van der Waals surface area contributed by atoms with Gasteiger partial charge in [-0.05, 0) is 31.7 Å². The van der Waals surface area contributed by atoms with Crippen molar-refractivity contribution >= 4 is 0 Å². The summed E-state index contributed by atoms with van der Waals surface area (Å²) in [4.78, 5) is 0. The van der Waals surface area contributed by atoms with Crippen molar-refractivity contribution in [3.05, 3.63) is 0 Å². The predicted octanol–water partition coefficient (Wildman–Crippen LogP) is 1.50. The maximum absolute atomic E-state index is 5.63. The highest BCUT2D eigenvalue weighted by Crippen LogP contribution is 2.18. The zero-order valence-electron chi connectivity index (χ0n) is 8.18. The van der Waals surface area contributed by atoms with Crippen LogP contribution in [0.15, 0.2) is 0 Å². The number of hydrogen-bond acceptors (Lipinski definition) is 2. The number of hydrogen-bond donors (Lipinski definition) is 2. The van der Waals surface area contributed by atoms with Crippen molar-refractivity contribution in [2.45, 2.75) is 45.1 Å². The van der Waals surface area contributed by atoms with E-state index in [1.165, 1.54) is 38.6 Å². The average Bonchev–Trinajstić information content (AvgIpc) is 2.31. The first-order valence-electron chi connectivity index (χ1n) is 5.30. The molecule has 2 atom stereocenters. The van der Waals surface area contributed by atoms with Crippen LogP contribution >= 0.6 is 0 Å². The molecule has 0 bridgehead atoms. The van der Waals surface area contributed by atoms with Crippen LogP contribution in [0, 0.1) is 5.92 Å². The van der Waals surface area contributed by atoms with Crippen molar-refractivity contribution in [1.29, 1.82) is 0 Å². The molecule has 1 aliphatic heterocycles. The molecule has 0 aromatic heterocycles. The highest BCUT2D eigenvalue weighted by molar-refractivity contribution is 4.75. The molecule has 72 valence electrons. The van der Waals surface area contributed by atoms with Crippen molar-refractivity contribution in [2.75, 3.05) is 13.1 Å². The minimum Gasteiger partial charge on any atom is -0.329 e. The highest BCUT2D eigenvalue weighted by atomic mass is 14.9. The third kappa shape index (κ3) is 3.11. The first kappa shape index (κ1) is 10.0. The summed E-state index contributed by atoms with van der Waals surface area (Å²) in [5.41, 5.74) is 5.63. The predicted molar refractivity (Wildman–Crippen MR) is 53.1 cm³/mol. The summed E-state index contributed by atoms with van der Waals surface area (Å²) in [7, 11) is 0. The van der Waals surface area contributed by atoms with Crippen LogP contribution in [0.25, 0.3) is 0 Å². The Bertz CT molecular complexity index is 114. The number of nitrogens with two attached hydrogens (primary N) is 1. The third-order valence-corrected chi connectivity index (χ3v) is 2.84.